The highest BCUT2D eigenvalue weighted by Crippen LogP contribution is 2.22. The number of carbonyl (C=O) groups is 1. The Bertz CT molecular complexity index is 1020. The maximum atomic E-state index is 14.2. The van der Waals surface area contributed by atoms with Gasteiger partial charge in [0.05, 0.1) is 18.8 Å². The number of amides is 1. The SMILES string of the molecule is CCOc1ccc(NC(=O)CN2CCN(c3nccn3-c3ccccc3F)CC2)cc1.Cl.Cl. The van der Waals surface area contributed by atoms with E-state index in [0.717, 1.165) is 24.5 Å². The van der Waals surface area contributed by atoms with Crippen LogP contribution >= 0.6 is 24.8 Å². The predicted octanol–water partition coefficient (Wildman–Crippen LogP) is 4.01. The first-order valence-electron chi connectivity index (χ1n) is 10.4. The molecule has 1 aliphatic heterocycles. The molecule has 2 heterocycles. The summed E-state index contributed by atoms with van der Waals surface area (Å²) in [4.78, 5) is 21.1. The molecule has 10 heteroatoms. The van der Waals surface area contributed by atoms with Crippen LogP contribution in [0.15, 0.2) is 60.9 Å². The van der Waals surface area contributed by atoms with Crippen molar-refractivity contribution in [1.29, 1.82) is 0 Å². The average molecular weight is 496 g/mol. The lowest BCUT2D eigenvalue weighted by molar-refractivity contribution is -0.117. The number of benzene rings is 2. The van der Waals surface area contributed by atoms with E-state index in [1.807, 2.05) is 37.3 Å². The average Bonchev–Trinajstić information content (AvgIpc) is 3.26. The lowest BCUT2D eigenvalue weighted by atomic mass is 10.3. The first-order chi connectivity index (χ1) is 15.1. The molecule has 33 heavy (non-hydrogen) atoms. The lowest BCUT2D eigenvalue weighted by Gasteiger charge is -2.35. The molecular formula is C23H28Cl2FN5O2. The molecule has 178 valence electrons. The van der Waals surface area contributed by atoms with Gasteiger partial charge in [-0.25, -0.2) is 9.37 Å². The van der Waals surface area contributed by atoms with Gasteiger partial charge in [-0.3, -0.25) is 14.3 Å². The Balaban J connectivity index is 0.00000193. The van der Waals surface area contributed by atoms with Crippen LogP contribution in [0.5, 0.6) is 5.75 Å². The first-order valence-corrected chi connectivity index (χ1v) is 10.4. The molecule has 3 aromatic rings. The summed E-state index contributed by atoms with van der Waals surface area (Å²) in [5.41, 5.74) is 1.23. The summed E-state index contributed by atoms with van der Waals surface area (Å²) in [5, 5.41) is 2.93. The third-order valence-electron chi connectivity index (χ3n) is 5.20. The Kier molecular flexibility index (Phi) is 9.96. The van der Waals surface area contributed by atoms with Crippen molar-refractivity contribution in [3.8, 4) is 11.4 Å². The maximum Gasteiger partial charge on any atom is 0.238 e. The van der Waals surface area contributed by atoms with Crippen LogP contribution in [0.4, 0.5) is 16.0 Å². The highest BCUT2D eigenvalue weighted by molar-refractivity contribution is 5.92. The van der Waals surface area contributed by atoms with E-state index in [4.69, 9.17) is 4.74 Å². The van der Waals surface area contributed by atoms with E-state index in [1.54, 1.807) is 29.1 Å². The van der Waals surface area contributed by atoms with Gasteiger partial charge >= 0.3 is 0 Å². The standard InChI is InChI=1S/C23H26FN5O2.2ClH/c1-2-31-19-9-7-18(8-10-19)26-22(30)17-27-13-15-28(16-14-27)23-25-11-12-29(23)21-6-4-3-5-20(21)24;;/h3-12H,2,13-17H2,1H3,(H,26,30);2*1H. The van der Waals surface area contributed by atoms with E-state index >= 15 is 0 Å². The van der Waals surface area contributed by atoms with Crippen molar-refractivity contribution in [3.05, 3.63) is 66.7 Å². The molecule has 0 aliphatic carbocycles. The van der Waals surface area contributed by atoms with Crippen molar-refractivity contribution in [3.63, 3.8) is 0 Å². The molecule has 1 amide bonds. The first kappa shape index (κ1) is 26.4. The summed E-state index contributed by atoms with van der Waals surface area (Å²) >= 11 is 0. The predicted molar refractivity (Wildman–Crippen MR) is 133 cm³/mol. The molecule has 4 rings (SSSR count). The highest BCUT2D eigenvalue weighted by atomic mass is 35.5. The third-order valence-corrected chi connectivity index (χ3v) is 5.20. The van der Waals surface area contributed by atoms with Crippen LogP contribution < -0.4 is 15.0 Å². The lowest BCUT2D eigenvalue weighted by Crippen LogP contribution is -2.49. The second-order valence-electron chi connectivity index (χ2n) is 7.32. The Morgan fingerprint density at radius 3 is 2.42 bits per heavy atom. The zero-order valence-electron chi connectivity index (χ0n) is 18.3. The molecule has 0 radical (unpaired) electrons. The van der Waals surface area contributed by atoms with E-state index in [2.05, 4.69) is 20.1 Å². The number of nitrogens with zero attached hydrogens (tertiary/aromatic N) is 4. The molecule has 0 atom stereocenters. The second kappa shape index (κ2) is 12.4. The maximum absolute atomic E-state index is 14.2. The van der Waals surface area contributed by atoms with Gasteiger partial charge in [-0.2, -0.15) is 0 Å². The Labute approximate surface area is 205 Å². The summed E-state index contributed by atoms with van der Waals surface area (Å²) in [6.07, 6.45) is 3.45. The summed E-state index contributed by atoms with van der Waals surface area (Å²) < 4.78 is 21.4. The molecule has 0 bridgehead atoms. The minimum absolute atomic E-state index is 0. The highest BCUT2D eigenvalue weighted by Gasteiger charge is 2.22. The number of anilines is 2. The molecule has 2 aromatic carbocycles. The summed E-state index contributed by atoms with van der Waals surface area (Å²) in [5.74, 6) is 1.16. The Morgan fingerprint density at radius 1 is 1.06 bits per heavy atom. The number of piperazine rings is 1. The molecule has 1 aromatic heterocycles. The van der Waals surface area contributed by atoms with Gasteiger partial charge in [0.1, 0.15) is 11.6 Å². The smallest absolute Gasteiger partial charge is 0.238 e. The molecule has 0 saturated carbocycles. The van der Waals surface area contributed by atoms with Crippen molar-refractivity contribution in [2.75, 3.05) is 49.5 Å². The van der Waals surface area contributed by atoms with Crippen molar-refractivity contribution < 1.29 is 13.9 Å². The van der Waals surface area contributed by atoms with Gasteiger partial charge in [0.2, 0.25) is 11.9 Å². The quantitative estimate of drug-likeness (QED) is 0.536. The fraction of sp³-hybridized carbons (Fsp3) is 0.304. The molecular weight excluding hydrogens is 468 g/mol. The summed E-state index contributed by atoms with van der Waals surface area (Å²) in [6, 6.07) is 14.0. The van der Waals surface area contributed by atoms with Gasteiger partial charge in [-0.05, 0) is 43.3 Å². The number of ether oxygens (including phenoxy) is 1. The normalized spacial score (nSPS) is 13.6. The molecule has 1 aliphatic rings. The van der Waals surface area contributed by atoms with Crippen LogP contribution in [0, 0.1) is 5.82 Å². The minimum Gasteiger partial charge on any atom is -0.494 e. The monoisotopic (exact) mass is 495 g/mol. The van der Waals surface area contributed by atoms with E-state index in [1.165, 1.54) is 6.07 Å². The number of imidazole rings is 1. The van der Waals surface area contributed by atoms with Crippen molar-refractivity contribution in [2.45, 2.75) is 6.92 Å². The van der Waals surface area contributed by atoms with Crippen molar-refractivity contribution in [1.82, 2.24) is 14.5 Å². The van der Waals surface area contributed by atoms with E-state index in [0.29, 0.717) is 37.9 Å². The van der Waals surface area contributed by atoms with Gasteiger partial charge in [0.15, 0.2) is 0 Å². The molecule has 0 unspecified atom stereocenters. The van der Waals surface area contributed by atoms with Gasteiger partial charge in [-0.1, -0.05) is 12.1 Å². The van der Waals surface area contributed by atoms with Gasteiger partial charge in [0, 0.05) is 44.3 Å². The number of para-hydroxylation sites is 1. The van der Waals surface area contributed by atoms with Gasteiger partial charge in [-0.15, -0.1) is 24.8 Å². The number of aromatic nitrogens is 2. The number of halogens is 3. The molecule has 0 spiro atoms. The molecule has 1 saturated heterocycles. The molecule has 1 N–H and O–H groups in total. The Hall–Kier alpha value is -2.81. The second-order valence-corrected chi connectivity index (χ2v) is 7.32. The summed E-state index contributed by atoms with van der Waals surface area (Å²) in [7, 11) is 0. The minimum atomic E-state index is -0.286. The topological polar surface area (TPSA) is 62.6 Å². The van der Waals surface area contributed by atoms with Crippen LogP contribution in [0.3, 0.4) is 0 Å². The zero-order chi connectivity index (χ0) is 21.6. The van der Waals surface area contributed by atoms with Crippen molar-refractivity contribution >= 4 is 42.4 Å². The van der Waals surface area contributed by atoms with Crippen molar-refractivity contribution in [2.24, 2.45) is 0 Å². The van der Waals surface area contributed by atoms with Crippen LogP contribution in [0.2, 0.25) is 0 Å². The molecule has 7 nitrogen and oxygen atoms in total. The third kappa shape index (κ3) is 6.60. The van der Waals surface area contributed by atoms with Crippen LogP contribution in [0.1, 0.15) is 6.92 Å². The van der Waals surface area contributed by atoms with Crippen LogP contribution in [-0.2, 0) is 4.79 Å². The number of hydrogen-bond donors (Lipinski definition) is 1. The van der Waals surface area contributed by atoms with E-state index < -0.39 is 0 Å². The molecule has 1 fully saturated rings. The fourth-order valence-corrected chi connectivity index (χ4v) is 3.68. The van der Waals surface area contributed by atoms with Crippen LogP contribution in [0.25, 0.3) is 5.69 Å². The largest absolute Gasteiger partial charge is 0.494 e. The fourth-order valence-electron chi connectivity index (χ4n) is 3.68. The van der Waals surface area contributed by atoms with E-state index in [-0.39, 0.29) is 36.5 Å². The number of carbonyl (C=O) groups excluding carboxylic acids is 1. The van der Waals surface area contributed by atoms with Gasteiger partial charge in [0.25, 0.3) is 0 Å². The van der Waals surface area contributed by atoms with E-state index in [9.17, 15) is 9.18 Å². The Morgan fingerprint density at radius 2 is 1.76 bits per heavy atom. The zero-order valence-corrected chi connectivity index (χ0v) is 19.9. The van der Waals surface area contributed by atoms with Gasteiger partial charge < -0.3 is 15.0 Å². The van der Waals surface area contributed by atoms with Crippen LogP contribution in [-0.4, -0.2) is 59.7 Å². The number of nitrogens with one attached hydrogen (secondary N) is 1. The number of rotatable bonds is 7. The summed E-state index contributed by atoms with van der Waals surface area (Å²) in [6.45, 7) is 5.73. The number of hydrogen-bond acceptors (Lipinski definition) is 5.